The number of morpholine rings is 1. The number of halogens is 2. The minimum Gasteiger partial charge on any atom is -0.508 e. The van der Waals surface area contributed by atoms with Gasteiger partial charge in [-0.3, -0.25) is 29.5 Å². The Kier molecular flexibility index (Phi) is 9.61. The molecular formula is C44H40Cl2N4O8. The number of amides is 4. The van der Waals surface area contributed by atoms with Crippen LogP contribution in [0.25, 0.3) is 0 Å². The number of methoxy groups -OCH3 is 2. The standard InChI is InChI=1S/C44H40Cl2N4O8/c1-56-28-10-3-24(4-11-28)44-34(41(53)50(43(44)55)47-36-15-5-25(45)21-35(36)46)23-32-30(39(44)33-22-29(57-2)12-16-37(33)51)13-14-31-38(32)42(54)49(40(31)52)27-8-6-26(7-9-27)48-17-19-58-20-18-48/h3-13,15-16,21-22,31-32,34,38-39,47,51H,14,17-20,23H2,1-2H3. The van der Waals surface area contributed by atoms with Crippen molar-refractivity contribution >= 4 is 63.9 Å². The van der Waals surface area contributed by atoms with Crippen LogP contribution in [0.4, 0.5) is 17.1 Å². The van der Waals surface area contributed by atoms with Gasteiger partial charge in [-0.25, -0.2) is 0 Å². The number of aromatic hydroxyl groups is 1. The number of carbonyl (C=O) groups is 4. The van der Waals surface area contributed by atoms with Crippen LogP contribution in [0, 0.1) is 23.7 Å². The number of nitrogens with one attached hydrogen (secondary N) is 1. The highest BCUT2D eigenvalue weighted by atomic mass is 35.5. The van der Waals surface area contributed by atoms with Gasteiger partial charge < -0.3 is 24.2 Å². The van der Waals surface area contributed by atoms with Crippen LogP contribution in [-0.2, 0) is 29.3 Å². The summed E-state index contributed by atoms with van der Waals surface area (Å²) in [6, 6.07) is 23.9. The first-order chi connectivity index (χ1) is 28.1. The van der Waals surface area contributed by atoms with E-state index in [2.05, 4.69) is 10.3 Å². The molecule has 6 unspecified atom stereocenters. The summed E-state index contributed by atoms with van der Waals surface area (Å²) in [7, 11) is 3.04. The molecule has 58 heavy (non-hydrogen) atoms. The second-order valence-corrected chi connectivity index (χ2v) is 16.1. The third kappa shape index (κ3) is 5.83. The normalized spacial score (nSPS) is 26.6. The minimum atomic E-state index is -1.64. The van der Waals surface area contributed by atoms with E-state index in [0.717, 1.165) is 23.8 Å². The molecule has 3 aliphatic heterocycles. The minimum absolute atomic E-state index is 0.0696. The fourth-order valence-corrected chi connectivity index (χ4v) is 10.4. The molecule has 1 saturated carbocycles. The van der Waals surface area contributed by atoms with Crippen LogP contribution in [0.5, 0.6) is 17.2 Å². The van der Waals surface area contributed by atoms with Gasteiger partial charge in [0.25, 0.3) is 11.8 Å². The molecule has 0 spiro atoms. The van der Waals surface area contributed by atoms with E-state index < -0.39 is 46.8 Å². The highest BCUT2D eigenvalue weighted by Gasteiger charge is 2.70. The molecule has 4 aromatic rings. The van der Waals surface area contributed by atoms with Gasteiger partial charge in [0.1, 0.15) is 17.2 Å². The summed E-state index contributed by atoms with van der Waals surface area (Å²) in [6.45, 7) is 2.73. The van der Waals surface area contributed by atoms with Gasteiger partial charge in [0.2, 0.25) is 11.8 Å². The number of hydrogen-bond acceptors (Lipinski definition) is 10. The Morgan fingerprint density at radius 2 is 1.48 bits per heavy atom. The molecule has 12 nitrogen and oxygen atoms in total. The lowest BCUT2D eigenvalue weighted by molar-refractivity contribution is -0.138. The number of ether oxygens (including phenoxy) is 3. The number of nitrogens with zero attached hydrogens (tertiary/aromatic N) is 3. The van der Waals surface area contributed by atoms with E-state index in [1.807, 2.05) is 18.2 Å². The van der Waals surface area contributed by atoms with Crippen molar-refractivity contribution in [2.75, 3.05) is 55.7 Å². The number of carbonyl (C=O) groups excluding carboxylic acids is 4. The molecule has 4 fully saturated rings. The predicted octanol–water partition coefficient (Wildman–Crippen LogP) is 6.74. The average Bonchev–Trinajstić information content (AvgIpc) is 3.63. The first-order valence-corrected chi connectivity index (χ1v) is 19.9. The number of hydrazine groups is 1. The number of allylic oxidation sites excluding steroid dienone is 2. The van der Waals surface area contributed by atoms with E-state index in [1.165, 1.54) is 31.3 Å². The van der Waals surface area contributed by atoms with Crippen molar-refractivity contribution in [3.05, 3.63) is 118 Å². The molecule has 2 N–H and O–H groups in total. The van der Waals surface area contributed by atoms with E-state index in [0.29, 0.717) is 52.1 Å². The van der Waals surface area contributed by atoms with Gasteiger partial charge in [-0.1, -0.05) is 47.0 Å². The average molecular weight is 824 g/mol. The van der Waals surface area contributed by atoms with Crippen LogP contribution in [0.1, 0.15) is 29.9 Å². The number of phenolic OH excluding ortho intramolecular Hbond substituents is 1. The van der Waals surface area contributed by atoms with Gasteiger partial charge in [0.05, 0.1) is 67.0 Å². The monoisotopic (exact) mass is 822 g/mol. The van der Waals surface area contributed by atoms with E-state index in [1.54, 1.807) is 60.7 Å². The maximum atomic E-state index is 15.5. The molecule has 9 rings (SSSR count). The zero-order valence-electron chi connectivity index (χ0n) is 31.7. The smallest absolute Gasteiger partial charge is 0.260 e. The van der Waals surface area contributed by atoms with Crippen molar-refractivity contribution in [2.24, 2.45) is 23.7 Å². The molecule has 14 heteroatoms. The molecule has 3 heterocycles. The second kappa shape index (κ2) is 14.7. The van der Waals surface area contributed by atoms with Crippen molar-refractivity contribution in [3.63, 3.8) is 0 Å². The summed E-state index contributed by atoms with van der Waals surface area (Å²) in [5.41, 5.74) is 4.60. The summed E-state index contributed by atoms with van der Waals surface area (Å²) < 4.78 is 16.6. The van der Waals surface area contributed by atoms with E-state index in [-0.39, 0.29) is 41.1 Å². The molecule has 0 radical (unpaired) electrons. The summed E-state index contributed by atoms with van der Waals surface area (Å²) >= 11 is 12.8. The first kappa shape index (κ1) is 38.0. The third-order valence-corrected chi connectivity index (χ3v) is 13.2. The fourth-order valence-electron chi connectivity index (χ4n) is 9.97. The lowest BCUT2D eigenvalue weighted by Gasteiger charge is -2.50. The largest absolute Gasteiger partial charge is 0.508 e. The Bertz CT molecular complexity index is 2370. The molecule has 0 bridgehead atoms. The molecule has 4 amide bonds. The highest BCUT2D eigenvalue weighted by molar-refractivity contribution is 6.36. The number of hydrogen-bond donors (Lipinski definition) is 2. The highest BCUT2D eigenvalue weighted by Crippen LogP contribution is 2.65. The van der Waals surface area contributed by atoms with Crippen molar-refractivity contribution in [1.29, 1.82) is 0 Å². The second-order valence-electron chi connectivity index (χ2n) is 15.3. The number of phenols is 1. The Balaban J connectivity index is 1.19. The zero-order chi connectivity index (χ0) is 40.5. The van der Waals surface area contributed by atoms with Crippen molar-refractivity contribution in [1.82, 2.24) is 5.01 Å². The van der Waals surface area contributed by atoms with Gasteiger partial charge in [-0.15, -0.1) is 0 Å². The maximum Gasteiger partial charge on any atom is 0.260 e. The Morgan fingerprint density at radius 3 is 2.17 bits per heavy atom. The molecule has 4 aromatic carbocycles. The first-order valence-electron chi connectivity index (χ1n) is 19.2. The SMILES string of the molecule is COc1ccc(C23C(=O)N(Nc4ccc(Cl)cc4Cl)C(=O)C2CC2C(=CCC4C(=O)N(c5ccc(N6CCOCC6)cc5)C(=O)C42)C3c2cc(OC)ccc2O)cc1. The molecule has 298 valence electrons. The van der Waals surface area contributed by atoms with Crippen LogP contribution in [0.2, 0.25) is 10.0 Å². The van der Waals surface area contributed by atoms with Crippen LogP contribution in [-0.4, -0.2) is 74.3 Å². The van der Waals surface area contributed by atoms with Gasteiger partial charge in [-0.05, 0) is 97.1 Å². The summed E-state index contributed by atoms with van der Waals surface area (Å²) in [6.07, 6.45) is 2.23. The summed E-state index contributed by atoms with van der Waals surface area (Å²) in [5, 5.41) is 13.3. The summed E-state index contributed by atoms with van der Waals surface area (Å²) in [4.78, 5) is 63.2. The lowest BCUT2D eigenvalue weighted by Crippen LogP contribution is -2.53. The van der Waals surface area contributed by atoms with Gasteiger partial charge >= 0.3 is 0 Å². The Morgan fingerprint density at radius 1 is 0.793 bits per heavy atom. The summed E-state index contributed by atoms with van der Waals surface area (Å²) in [5.74, 6) is -5.17. The molecule has 6 atom stereocenters. The number of anilines is 3. The molecular weight excluding hydrogens is 783 g/mol. The van der Waals surface area contributed by atoms with Gasteiger partial charge in [0.15, 0.2) is 0 Å². The zero-order valence-corrected chi connectivity index (χ0v) is 33.2. The molecule has 5 aliphatic rings. The lowest BCUT2D eigenvalue weighted by atomic mass is 9.49. The maximum absolute atomic E-state index is 15.5. The van der Waals surface area contributed by atoms with E-state index in [9.17, 15) is 14.7 Å². The molecule has 0 aromatic heterocycles. The quantitative estimate of drug-likeness (QED) is 0.145. The van der Waals surface area contributed by atoms with E-state index in [4.69, 9.17) is 37.4 Å². The van der Waals surface area contributed by atoms with Crippen molar-refractivity contribution < 1.29 is 38.5 Å². The van der Waals surface area contributed by atoms with Crippen molar-refractivity contribution in [3.8, 4) is 17.2 Å². The van der Waals surface area contributed by atoms with Gasteiger partial charge in [-0.2, -0.15) is 5.01 Å². The number of rotatable bonds is 8. The van der Waals surface area contributed by atoms with Crippen LogP contribution in [0.15, 0.2) is 96.6 Å². The Hall–Kier alpha value is -5.56. The number of fused-ring (bicyclic) bond motifs is 4. The van der Waals surface area contributed by atoms with Crippen LogP contribution >= 0.6 is 23.2 Å². The molecule has 3 saturated heterocycles. The predicted molar refractivity (Wildman–Crippen MR) is 217 cm³/mol. The van der Waals surface area contributed by atoms with Gasteiger partial charge in [0, 0.05) is 35.3 Å². The topological polar surface area (TPSA) is 138 Å². The fraction of sp³-hybridized carbons (Fsp3) is 0.318. The number of benzene rings is 4. The third-order valence-electron chi connectivity index (χ3n) is 12.6. The Labute approximate surface area is 344 Å². The van der Waals surface area contributed by atoms with Crippen LogP contribution in [0.3, 0.4) is 0 Å². The van der Waals surface area contributed by atoms with Crippen LogP contribution < -0.4 is 24.7 Å². The molecule has 2 aliphatic carbocycles. The van der Waals surface area contributed by atoms with E-state index >= 15 is 9.59 Å². The number of imide groups is 2. The van der Waals surface area contributed by atoms with Crippen molar-refractivity contribution in [2.45, 2.75) is 24.2 Å².